The summed E-state index contributed by atoms with van der Waals surface area (Å²) in [5.74, 6) is 4.90. The number of hydrogen-bond acceptors (Lipinski definition) is 8. The first-order valence-electron chi connectivity index (χ1n) is 13.1. The van der Waals surface area contributed by atoms with E-state index < -0.39 is 11.9 Å². The Morgan fingerprint density at radius 3 is 2.44 bits per heavy atom. The van der Waals surface area contributed by atoms with Crippen LogP contribution in [0.2, 0.25) is 0 Å². The van der Waals surface area contributed by atoms with E-state index in [9.17, 15) is 13.2 Å². The van der Waals surface area contributed by atoms with E-state index in [0.717, 1.165) is 30.3 Å². The van der Waals surface area contributed by atoms with E-state index in [4.69, 9.17) is 16.1 Å². The molecule has 0 N–H and O–H groups in total. The Balaban J connectivity index is 1.46. The highest BCUT2D eigenvalue weighted by atomic mass is 19.4. The van der Waals surface area contributed by atoms with Crippen molar-refractivity contribution >= 4 is 5.95 Å². The standard InChI is InChI=1S/C29H29F3N8O/c1-6-13-39(14-19-7-9-21(10-8-19)26-37-22(29(30,31)32)15-40(26)17(2)3)28-36-18(4)35-25(38-28)23-24(20-11-12-20)33-16-34-27(23)41-5/h1,7-10,15-17,20H,11-14H2,2-5H3. The summed E-state index contributed by atoms with van der Waals surface area (Å²) >= 11 is 0. The molecule has 0 radical (unpaired) electrons. The number of imidazole rings is 1. The molecule has 212 valence electrons. The largest absolute Gasteiger partial charge is 0.480 e. The van der Waals surface area contributed by atoms with E-state index in [-0.39, 0.29) is 18.4 Å². The van der Waals surface area contributed by atoms with Gasteiger partial charge in [0.1, 0.15) is 23.5 Å². The maximum atomic E-state index is 13.3. The highest BCUT2D eigenvalue weighted by Gasteiger charge is 2.35. The van der Waals surface area contributed by atoms with E-state index in [2.05, 4.69) is 30.8 Å². The number of anilines is 1. The van der Waals surface area contributed by atoms with Crippen LogP contribution in [0.5, 0.6) is 5.88 Å². The maximum Gasteiger partial charge on any atom is 0.434 e. The predicted octanol–water partition coefficient (Wildman–Crippen LogP) is 5.63. The Hall–Kier alpha value is -4.53. The fourth-order valence-corrected chi connectivity index (χ4v) is 4.56. The number of rotatable bonds is 9. The normalized spacial score (nSPS) is 13.3. The zero-order chi connectivity index (χ0) is 29.3. The molecular weight excluding hydrogens is 533 g/mol. The Bertz CT molecular complexity index is 1590. The molecule has 1 fully saturated rings. The highest BCUT2D eigenvalue weighted by Crippen LogP contribution is 2.45. The van der Waals surface area contributed by atoms with Gasteiger partial charge in [0.25, 0.3) is 0 Å². The molecule has 1 aliphatic carbocycles. The van der Waals surface area contributed by atoms with E-state index in [1.807, 2.05) is 30.9 Å². The van der Waals surface area contributed by atoms with Crippen LogP contribution in [0.4, 0.5) is 19.1 Å². The van der Waals surface area contributed by atoms with Crippen LogP contribution in [-0.4, -0.2) is 48.1 Å². The maximum absolute atomic E-state index is 13.3. The molecule has 0 amide bonds. The van der Waals surface area contributed by atoms with Crippen molar-refractivity contribution in [1.82, 2.24) is 34.5 Å². The van der Waals surface area contributed by atoms with Crippen molar-refractivity contribution in [1.29, 1.82) is 0 Å². The molecular formula is C29H29F3N8O. The van der Waals surface area contributed by atoms with Crippen molar-refractivity contribution in [3.8, 4) is 41.0 Å². The van der Waals surface area contributed by atoms with Gasteiger partial charge in [0.05, 0.1) is 19.3 Å². The first-order chi connectivity index (χ1) is 19.6. The summed E-state index contributed by atoms with van der Waals surface area (Å²) in [5.41, 5.74) is 2.01. The number of hydrogen-bond donors (Lipinski definition) is 0. The van der Waals surface area contributed by atoms with Gasteiger partial charge in [0.2, 0.25) is 11.8 Å². The second-order valence-corrected chi connectivity index (χ2v) is 10.1. The van der Waals surface area contributed by atoms with Crippen molar-refractivity contribution in [3.63, 3.8) is 0 Å². The van der Waals surface area contributed by atoms with Crippen molar-refractivity contribution in [2.45, 2.75) is 58.3 Å². The van der Waals surface area contributed by atoms with Gasteiger partial charge >= 0.3 is 6.18 Å². The summed E-state index contributed by atoms with van der Waals surface area (Å²) in [7, 11) is 1.54. The van der Waals surface area contributed by atoms with Crippen molar-refractivity contribution in [2.75, 3.05) is 18.6 Å². The second-order valence-electron chi connectivity index (χ2n) is 10.1. The zero-order valence-corrected chi connectivity index (χ0v) is 23.1. The molecule has 5 rings (SSSR count). The van der Waals surface area contributed by atoms with Crippen LogP contribution in [0.3, 0.4) is 0 Å². The number of halogens is 3. The van der Waals surface area contributed by atoms with Crippen LogP contribution in [0.25, 0.3) is 22.8 Å². The first-order valence-corrected chi connectivity index (χ1v) is 13.1. The summed E-state index contributed by atoms with van der Waals surface area (Å²) in [6.45, 7) is 5.98. The molecule has 12 heteroatoms. The first kappa shape index (κ1) is 28.0. The Kier molecular flexibility index (Phi) is 7.62. The number of ether oxygens (including phenoxy) is 1. The molecule has 1 aliphatic rings. The molecule has 0 spiro atoms. The average Bonchev–Trinajstić information content (AvgIpc) is 3.68. The lowest BCUT2D eigenvalue weighted by Crippen LogP contribution is -2.26. The van der Waals surface area contributed by atoms with Gasteiger partial charge in [0, 0.05) is 30.3 Å². The molecule has 3 heterocycles. The lowest BCUT2D eigenvalue weighted by atomic mass is 10.1. The van der Waals surface area contributed by atoms with Crippen molar-refractivity contribution in [2.24, 2.45) is 0 Å². The predicted molar refractivity (Wildman–Crippen MR) is 147 cm³/mol. The number of terminal acetylenes is 1. The van der Waals surface area contributed by atoms with Crippen molar-refractivity contribution < 1.29 is 17.9 Å². The van der Waals surface area contributed by atoms with E-state index >= 15 is 0 Å². The lowest BCUT2D eigenvalue weighted by Gasteiger charge is -2.21. The van der Waals surface area contributed by atoms with E-state index in [1.54, 1.807) is 26.2 Å². The van der Waals surface area contributed by atoms with Crippen LogP contribution >= 0.6 is 0 Å². The Morgan fingerprint density at radius 2 is 1.83 bits per heavy atom. The molecule has 1 aromatic carbocycles. The Morgan fingerprint density at radius 1 is 1.10 bits per heavy atom. The number of methoxy groups -OCH3 is 1. The van der Waals surface area contributed by atoms with Gasteiger partial charge in [-0.05, 0) is 39.2 Å². The van der Waals surface area contributed by atoms with Crippen LogP contribution in [0.15, 0.2) is 36.8 Å². The number of nitrogens with zero attached hydrogens (tertiary/aromatic N) is 8. The summed E-state index contributed by atoms with van der Waals surface area (Å²) in [5, 5.41) is 0. The minimum absolute atomic E-state index is 0.199. The molecule has 0 bridgehead atoms. The number of benzene rings is 1. The SMILES string of the molecule is C#CCN(Cc1ccc(-c2nc(C(F)(F)F)cn2C(C)C)cc1)c1nc(C)nc(-c2c(OC)ncnc2C2CC2)n1. The number of aryl methyl sites for hydroxylation is 1. The van der Waals surface area contributed by atoms with Crippen LogP contribution in [0.1, 0.15) is 61.4 Å². The zero-order valence-electron chi connectivity index (χ0n) is 23.1. The second kappa shape index (κ2) is 11.2. The molecule has 0 atom stereocenters. The van der Waals surface area contributed by atoms with Gasteiger partial charge in [-0.15, -0.1) is 6.42 Å². The lowest BCUT2D eigenvalue weighted by molar-refractivity contribution is -0.140. The number of alkyl halides is 3. The molecule has 0 saturated heterocycles. The fourth-order valence-electron chi connectivity index (χ4n) is 4.56. The molecule has 3 aromatic heterocycles. The van der Waals surface area contributed by atoms with Gasteiger partial charge in [-0.1, -0.05) is 30.2 Å². The van der Waals surface area contributed by atoms with Gasteiger partial charge in [-0.3, -0.25) is 0 Å². The summed E-state index contributed by atoms with van der Waals surface area (Å²) in [6, 6.07) is 6.97. The third kappa shape index (κ3) is 5.99. The third-order valence-electron chi connectivity index (χ3n) is 6.69. The summed E-state index contributed by atoms with van der Waals surface area (Å²) in [4.78, 5) is 28.3. The quantitative estimate of drug-likeness (QED) is 0.243. The smallest absolute Gasteiger partial charge is 0.434 e. The summed E-state index contributed by atoms with van der Waals surface area (Å²) < 4.78 is 47.1. The van der Waals surface area contributed by atoms with Gasteiger partial charge in [0.15, 0.2) is 11.5 Å². The molecule has 4 aromatic rings. The van der Waals surface area contributed by atoms with Crippen LogP contribution in [0, 0.1) is 19.3 Å². The van der Waals surface area contributed by atoms with E-state index in [1.165, 1.54) is 10.9 Å². The molecule has 1 saturated carbocycles. The van der Waals surface area contributed by atoms with Gasteiger partial charge < -0.3 is 14.2 Å². The Labute approximate surface area is 235 Å². The molecule has 0 aliphatic heterocycles. The minimum Gasteiger partial charge on any atom is -0.480 e. The van der Waals surface area contributed by atoms with Gasteiger partial charge in [-0.25, -0.2) is 19.9 Å². The summed E-state index contributed by atoms with van der Waals surface area (Å²) in [6.07, 6.45) is 5.76. The van der Waals surface area contributed by atoms with Crippen LogP contribution < -0.4 is 9.64 Å². The van der Waals surface area contributed by atoms with E-state index in [0.29, 0.717) is 47.1 Å². The third-order valence-corrected chi connectivity index (χ3v) is 6.69. The molecule has 41 heavy (non-hydrogen) atoms. The fraction of sp³-hybridized carbons (Fsp3) is 0.379. The number of aromatic nitrogens is 7. The molecule has 9 nitrogen and oxygen atoms in total. The molecule has 0 unspecified atom stereocenters. The highest BCUT2D eigenvalue weighted by molar-refractivity contribution is 5.66. The minimum atomic E-state index is -4.53. The van der Waals surface area contributed by atoms with Crippen LogP contribution in [-0.2, 0) is 12.7 Å². The topological polar surface area (TPSA) is 94.7 Å². The monoisotopic (exact) mass is 562 g/mol. The van der Waals surface area contributed by atoms with Gasteiger partial charge in [-0.2, -0.15) is 23.1 Å². The van der Waals surface area contributed by atoms with Crippen molar-refractivity contribution in [3.05, 3.63) is 59.6 Å². The average molecular weight is 563 g/mol.